The highest BCUT2D eigenvalue weighted by molar-refractivity contribution is 5.86. The molecule has 0 aromatic rings. The third-order valence-corrected chi connectivity index (χ3v) is 1.87. The van der Waals surface area contributed by atoms with Crippen LogP contribution in [0, 0.1) is 5.41 Å². The number of hydrogen-bond acceptors (Lipinski definition) is 4. The van der Waals surface area contributed by atoms with Gasteiger partial charge in [-0.05, 0) is 13.8 Å². The summed E-state index contributed by atoms with van der Waals surface area (Å²) < 4.78 is 9.57. The molecule has 0 radical (unpaired) electrons. The van der Waals surface area contributed by atoms with E-state index in [2.05, 4.69) is 13.5 Å². The Balaban J connectivity index is 0.000000462. The summed E-state index contributed by atoms with van der Waals surface area (Å²) in [7, 11) is 0. The first-order chi connectivity index (χ1) is 7.28. The Hall–Kier alpha value is -0.870. The molecule has 1 N–H and O–H groups in total. The van der Waals surface area contributed by atoms with Crippen LogP contribution in [0.25, 0.3) is 0 Å². The normalized spacial score (nSPS) is 18.2. The maximum atomic E-state index is 10.9. The maximum Gasteiger partial charge on any atom is 0.333 e. The van der Waals surface area contributed by atoms with Crippen LogP contribution >= 0.6 is 0 Å². The number of epoxide rings is 1. The molecule has 1 rings (SSSR count). The molecule has 1 aliphatic rings. The quantitative estimate of drug-likeness (QED) is 0.452. The second-order valence-corrected chi connectivity index (χ2v) is 4.82. The largest absolute Gasteiger partial charge is 0.462 e. The van der Waals surface area contributed by atoms with E-state index < -0.39 is 5.97 Å². The predicted molar refractivity (Wildman–Crippen MR) is 62.1 cm³/mol. The van der Waals surface area contributed by atoms with Gasteiger partial charge in [-0.15, -0.1) is 0 Å². The molecule has 1 unspecified atom stereocenters. The number of aliphatic hydroxyl groups excluding tert-OH is 1. The lowest BCUT2D eigenvalue weighted by molar-refractivity contribution is -0.142. The molecule has 0 amide bonds. The Kier molecular flexibility index (Phi) is 6.29. The Morgan fingerprint density at radius 1 is 1.62 bits per heavy atom. The van der Waals surface area contributed by atoms with Gasteiger partial charge in [0, 0.05) is 11.0 Å². The minimum absolute atomic E-state index is 0.00350. The number of hydrogen-bond donors (Lipinski definition) is 1. The van der Waals surface area contributed by atoms with Crippen LogP contribution in [0.15, 0.2) is 12.2 Å². The molecule has 1 atom stereocenters. The summed E-state index contributed by atoms with van der Waals surface area (Å²) in [6.45, 7) is 11.9. The van der Waals surface area contributed by atoms with Gasteiger partial charge in [0.2, 0.25) is 0 Å². The summed E-state index contributed by atoms with van der Waals surface area (Å²) in [4.78, 5) is 10.9. The topological polar surface area (TPSA) is 59.1 Å². The summed E-state index contributed by atoms with van der Waals surface area (Å²) in [5, 5.41) is 8.83. The monoisotopic (exact) mass is 230 g/mol. The van der Waals surface area contributed by atoms with E-state index in [4.69, 9.17) is 14.6 Å². The average Bonchev–Trinajstić information content (AvgIpc) is 2.98. The molecule has 0 aromatic carbocycles. The maximum absolute atomic E-state index is 10.9. The molecule has 4 nitrogen and oxygen atoms in total. The molecule has 94 valence electrons. The van der Waals surface area contributed by atoms with Gasteiger partial charge in [0.15, 0.2) is 0 Å². The van der Waals surface area contributed by atoms with Gasteiger partial charge < -0.3 is 14.6 Å². The van der Waals surface area contributed by atoms with Crippen LogP contribution in [0.4, 0.5) is 0 Å². The molecule has 0 spiro atoms. The number of carbonyl (C=O) groups excluding carboxylic acids is 1. The first-order valence-electron chi connectivity index (χ1n) is 5.33. The zero-order valence-corrected chi connectivity index (χ0v) is 10.6. The number of aliphatic hydroxyl groups is 1. The molecule has 1 fully saturated rings. The minimum atomic E-state index is -0.406. The van der Waals surface area contributed by atoms with Gasteiger partial charge in [0.25, 0.3) is 0 Å². The zero-order valence-electron chi connectivity index (χ0n) is 10.6. The molecule has 0 saturated carbocycles. The first-order valence-corrected chi connectivity index (χ1v) is 5.33. The lowest BCUT2D eigenvalue weighted by Crippen LogP contribution is -2.25. The van der Waals surface area contributed by atoms with Crippen molar-refractivity contribution in [3.63, 3.8) is 0 Å². The number of carbonyl (C=O) groups is 1. The van der Waals surface area contributed by atoms with Crippen molar-refractivity contribution in [2.75, 3.05) is 19.8 Å². The van der Waals surface area contributed by atoms with Gasteiger partial charge in [-0.2, -0.15) is 0 Å². The summed E-state index contributed by atoms with van der Waals surface area (Å²) in [6, 6.07) is 0. The summed E-state index contributed by atoms with van der Waals surface area (Å²) in [5.41, 5.74) is 0.00853. The van der Waals surface area contributed by atoms with Crippen molar-refractivity contribution in [3.8, 4) is 0 Å². The average molecular weight is 230 g/mol. The lowest BCUT2D eigenvalue weighted by atomic mass is 9.97. The van der Waals surface area contributed by atoms with Crippen molar-refractivity contribution in [1.29, 1.82) is 0 Å². The Labute approximate surface area is 97.2 Å². The van der Waals surface area contributed by atoms with Crippen LogP contribution in [-0.2, 0) is 14.3 Å². The molecule has 0 bridgehead atoms. The fourth-order valence-corrected chi connectivity index (χ4v) is 0.526. The lowest BCUT2D eigenvalue weighted by Gasteiger charge is -2.20. The Morgan fingerprint density at radius 2 is 2.06 bits per heavy atom. The van der Waals surface area contributed by atoms with Crippen molar-refractivity contribution < 1.29 is 19.4 Å². The third kappa shape index (κ3) is 8.44. The highest BCUT2D eigenvalue weighted by Crippen LogP contribution is 2.14. The van der Waals surface area contributed by atoms with Gasteiger partial charge in [-0.25, -0.2) is 4.79 Å². The smallest absolute Gasteiger partial charge is 0.333 e. The summed E-state index contributed by atoms with van der Waals surface area (Å²) >= 11 is 0. The predicted octanol–water partition coefficient (Wildman–Crippen LogP) is 1.53. The fourth-order valence-electron chi connectivity index (χ4n) is 0.526. The number of esters is 1. The fraction of sp³-hybridized carbons (Fsp3) is 0.750. The zero-order chi connectivity index (χ0) is 12.8. The highest BCUT2D eigenvalue weighted by Gasteiger charge is 2.19. The molecule has 1 heterocycles. The van der Waals surface area contributed by atoms with E-state index >= 15 is 0 Å². The van der Waals surface area contributed by atoms with Gasteiger partial charge >= 0.3 is 5.97 Å². The molecule has 1 aliphatic heterocycles. The minimum Gasteiger partial charge on any atom is -0.462 e. The molecule has 1 saturated heterocycles. The summed E-state index contributed by atoms with van der Waals surface area (Å²) in [5.74, 6) is -0.406. The van der Waals surface area contributed by atoms with Crippen LogP contribution in [0.2, 0.25) is 0 Å². The van der Waals surface area contributed by atoms with Crippen molar-refractivity contribution in [1.82, 2.24) is 0 Å². The van der Waals surface area contributed by atoms with Gasteiger partial charge in [-0.3, -0.25) is 0 Å². The van der Waals surface area contributed by atoms with E-state index in [1.54, 1.807) is 6.92 Å². The summed E-state index contributed by atoms with van der Waals surface area (Å²) in [6.07, 6.45) is 0.583. The molecule has 0 aromatic heterocycles. The van der Waals surface area contributed by atoms with Crippen LogP contribution in [0.5, 0.6) is 0 Å². The van der Waals surface area contributed by atoms with Crippen LogP contribution in [0.1, 0.15) is 27.7 Å². The standard InChI is InChI=1S/C9H16O3.C3H6O/c1-7(2)8(11)12-6-9(3,4)5-10;1-3-2-4-3/h10H,1,5-6H2,2-4H3;3H,2H2,1H3. The molecule has 0 aliphatic carbocycles. The Morgan fingerprint density at radius 3 is 2.31 bits per heavy atom. The van der Waals surface area contributed by atoms with Crippen molar-refractivity contribution >= 4 is 5.97 Å². The molecular weight excluding hydrogens is 208 g/mol. The van der Waals surface area contributed by atoms with E-state index in [1.807, 2.05) is 13.8 Å². The van der Waals surface area contributed by atoms with E-state index in [0.29, 0.717) is 11.7 Å². The first kappa shape index (κ1) is 15.1. The van der Waals surface area contributed by atoms with Gasteiger partial charge in [-0.1, -0.05) is 20.4 Å². The van der Waals surface area contributed by atoms with E-state index in [0.717, 1.165) is 6.61 Å². The second kappa shape index (κ2) is 6.66. The van der Waals surface area contributed by atoms with Gasteiger partial charge in [0.05, 0.1) is 25.9 Å². The van der Waals surface area contributed by atoms with Gasteiger partial charge in [0.1, 0.15) is 0 Å². The molecule has 16 heavy (non-hydrogen) atoms. The second-order valence-electron chi connectivity index (χ2n) is 4.82. The number of ether oxygens (including phenoxy) is 2. The molecular formula is C12H22O4. The van der Waals surface area contributed by atoms with Crippen molar-refractivity contribution in [2.45, 2.75) is 33.8 Å². The van der Waals surface area contributed by atoms with E-state index in [1.165, 1.54) is 0 Å². The van der Waals surface area contributed by atoms with Crippen LogP contribution < -0.4 is 0 Å². The highest BCUT2D eigenvalue weighted by atomic mass is 16.6. The van der Waals surface area contributed by atoms with Crippen molar-refractivity contribution in [3.05, 3.63) is 12.2 Å². The number of rotatable bonds is 4. The molecule has 4 heteroatoms. The van der Waals surface area contributed by atoms with E-state index in [9.17, 15) is 4.79 Å². The Bertz CT molecular complexity index is 241. The van der Waals surface area contributed by atoms with Crippen LogP contribution in [-0.4, -0.2) is 37.0 Å². The SMILES string of the molecule is C=C(C)C(=O)OCC(C)(C)CO.CC1CO1. The van der Waals surface area contributed by atoms with Crippen molar-refractivity contribution in [2.24, 2.45) is 5.41 Å². The van der Waals surface area contributed by atoms with Crippen LogP contribution in [0.3, 0.4) is 0 Å². The van der Waals surface area contributed by atoms with E-state index in [-0.39, 0.29) is 18.6 Å². The third-order valence-electron chi connectivity index (χ3n) is 1.87.